The molecule has 0 saturated carbocycles. The van der Waals surface area contributed by atoms with Crippen molar-refractivity contribution in [1.82, 2.24) is 0 Å². The van der Waals surface area contributed by atoms with E-state index in [1.165, 1.54) is 0 Å². The van der Waals surface area contributed by atoms with Gasteiger partial charge in [0.1, 0.15) is 18.5 Å². The van der Waals surface area contributed by atoms with Gasteiger partial charge in [-0.25, -0.2) is 0 Å². The first-order valence-corrected chi connectivity index (χ1v) is 4.88. The summed E-state index contributed by atoms with van der Waals surface area (Å²) in [6, 6.07) is 9.79. The van der Waals surface area contributed by atoms with Crippen LogP contribution >= 0.6 is 0 Å². The van der Waals surface area contributed by atoms with E-state index in [1.807, 2.05) is 30.3 Å². The molecule has 1 aliphatic rings. The third kappa shape index (κ3) is 6.06. The maximum absolute atomic E-state index is 7.62. The van der Waals surface area contributed by atoms with Crippen LogP contribution in [0.15, 0.2) is 30.3 Å². The molecule has 0 bridgehead atoms. The lowest BCUT2D eigenvalue weighted by molar-refractivity contribution is 0.186. The number of ether oxygens (including phenoxy) is 2. The lowest BCUT2D eigenvalue weighted by atomic mass is 10.3. The fourth-order valence-electron chi connectivity index (χ4n) is 0.870. The van der Waals surface area contributed by atoms with Crippen molar-refractivity contribution in [2.45, 2.75) is 6.10 Å². The molecule has 1 saturated heterocycles. The molecule has 0 aromatic heterocycles. The average molecular weight is 212 g/mol. The summed E-state index contributed by atoms with van der Waals surface area (Å²) in [4.78, 5) is 0. The molecule has 1 heterocycles. The second kappa shape index (κ2) is 7.23. The molecule has 15 heavy (non-hydrogen) atoms. The summed E-state index contributed by atoms with van der Waals surface area (Å²) in [7, 11) is 0. The number of hydrogen-bond donors (Lipinski definition) is 2. The molecule has 0 radical (unpaired) electrons. The van der Waals surface area contributed by atoms with Gasteiger partial charge in [-0.05, 0) is 12.1 Å². The number of aliphatic hydroxyl groups excluding tert-OH is 2. The molecule has 2 N–H and O–H groups in total. The van der Waals surface area contributed by atoms with Gasteiger partial charge >= 0.3 is 0 Å². The van der Waals surface area contributed by atoms with Gasteiger partial charge in [-0.3, -0.25) is 0 Å². The number of para-hydroxylation sites is 1. The van der Waals surface area contributed by atoms with Gasteiger partial charge in [-0.2, -0.15) is 0 Å². The molecular weight excluding hydrogens is 196 g/mol. The predicted octanol–water partition coefficient (Wildman–Crippen LogP) is 0.435. The number of hydrogen-bond acceptors (Lipinski definition) is 4. The third-order valence-electron chi connectivity index (χ3n) is 1.68. The summed E-state index contributed by atoms with van der Waals surface area (Å²) in [5, 5.41) is 15.2. The van der Waals surface area contributed by atoms with Crippen LogP contribution in [0.25, 0.3) is 0 Å². The van der Waals surface area contributed by atoms with Gasteiger partial charge in [0.2, 0.25) is 0 Å². The fraction of sp³-hybridized carbons (Fsp3) is 0.455. The molecule has 0 aliphatic carbocycles. The van der Waals surface area contributed by atoms with Gasteiger partial charge < -0.3 is 19.7 Å². The van der Waals surface area contributed by atoms with Crippen molar-refractivity contribution >= 4 is 0 Å². The quantitative estimate of drug-likeness (QED) is 0.711. The lowest BCUT2D eigenvalue weighted by Gasteiger charge is -2.01. The van der Waals surface area contributed by atoms with E-state index in [1.54, 1.807) is 0 Å². The zero-order valence-corrected chi connectivity index (χ0v) is 8.50. The lowest BCUT2D eigenvalue weighted by Crippen LogP contribution is -2.03. The average Bonchev–Trinajstić information content (AvgIpc) is 3.12. The van der Waals surface area contributed by atoms with Gasteiger partial charge in [0.25, 0.3) is 0 Å². The minimum absolute atomic E-state index is 0.125. The van der Waals surface area contributed by atoms with E-state index in [-0.39, 0.29) is 13.2 Å². The number of benzene rings is 1. The second-order valence-corrected chi connectivity index (χ2v) is 3.03. The Hall–Kier alpha value is -1.10. The van der Waals surface area contributed by atoms with Gasteiger partial charge in [0.05, 0.1) is 19.8 Å². The standard InChI is InChI=1S/C9H10O2.C2H6O2/c1-2-4-8(5-3-1)10-6-9-7-11-9;3-1-2-4/h1-5,9H,6-7H2;3-4H,1-2H2. The molecule has 0 amide bonds. The molecule has 4 nitrogen and oxygen atoms in total. The summed E-state index contributed by atoms with van der Waals surface area (Å²) in [5.41, 5.74) is 0. The molecule has 1 aromatic rings. The molecule has 0 spiro atoms. The van der Waals surface area contributed by atoms with Crippen LogP contribution in [0.4, 0.5) is 0 Å². The van der Waals surface area contributed by atoms with E-state index < -0.39 is 0 Å². The zero-order valence-electron chi connectivity index (χ0n) is 8.50. The summed E-state index contributed by atoms with van der Waals surface area (Å²) in [6.07, 6.45) is 0.343. The molecule has 1 atom stereocenters. The Bertz CT molecular complexity index is 244. The van der Waals surface area contributed by atoms with Crippen LogP contribution in [0.1, 0.15) is 0 Å². The Morgan fingerprint density at radius 1 is 1.20 bits per heavy atom. The monoisotopic (exact) mass is 212 g/mol. The highest BCUT2D eigenvalue weighted by molar-refractivity contribution is 5.20. The summed E-state index contributed by atoms with van der Waals surface area (Å²) < 4.78 is 10.4. The first-order chi connectivity index (χ1) is 7.36. The highest BCUT2D eigenvalue weighted by atomic mass is 16.6. The molecule has 2 rings (SSSR count). The van der Waals surface area contributed by atoms with Crippen molar-refractivity contribution < 1.29 is 19.7 Å². The molecule has 1 aliphatic heterocycles. The molecule has 1 unspecified atom stereocenters. The normalized spacial score (nSPS) is 17.6. The van der Waals surface area contributed by atoms with Crippen LogP contribution in [-0.2, 0) is 4.74 Å². The van der Waals surface area contributed by atoms with Crippen molar-refractivity contribution in [3.63, 3.8) is 0 Å². The second-order valence-electron chi connectivity index (χ2n) is 3.03. The Balaban J connectivity index is 0.000000245. The van der Waals surface area contributed by atoms with Gasteiger partial charge in [-0.15, -0.1) is 0 Å². The fourth-order valence-corrected chi connectivity index (χ4v) is 0.870. The molecular formula is C11H16O4. The number of rotatable bonds is 4. The highest BCUT2D eigenvalue weighted by Crippen LogP contribution is 2.13. The third-order valence-corrected chi connectivity index (χ3v) is 1.68. The van der Waals surface area contributed by atoms with Crippen molar-refractivity contribution in [3.8, 4) is 5.75 Å². The first kappa shape index (κ1) is 12.0. The topological polar surface area (TPSA) is 62.2 Å². The van der Waals surface area contributed by atoms with Crippen LogP contribution in [0, 0.1) is 0 Å². The smallest absolute Gasteiger partial charge is 0.119 e. The summed E-state index contributed by atoms with van der Waals surface area (Å²) >= 11 is 0. The van der Waals surface area contributed by atoms with Crippen LogP contribution in [0.2, 0.25) is 0 Å². The minimum atomic E-state index is -0.125. The highest BCUT2D eigenvalue weighted by Gasteiger charge is 2.22. The van der Waals surface area contributed by atoms with Crippen molar-refractivity contribution in [2.24, 2.45) is 0 Å². The predicted molar refractivity (Wildman–Crippen MR) is 55.8 cm³/mol. The largest absolute Gasteiger partial charge is 0.491 e. The van der Waals surface area contributed by atoms with E-state index in [0.717, 1.165) is 12.4 Å². The molecule has 1 fully saturated rings. The minimum Gasteiger partial charge on any atom is -0.491 e. The Morgan fingerprint density at radius 3 is 2.27 bits per heavy atom. The van der Waals surface area contributed by atoms with Crippen LogP contribution in [0.5, 0.6) is 5.75 Å². The van der Waals surface area contributed by atoms with E-state index in [4.69, 9.17) is 19.7 Å². The zero-order chi connectivity index (χ0) is 10.9. The van der Waals surface area contributed by atoms with E-state index in [9.17, 15) is 0 Å². The molecule has 1 aromatic carbocycles. The van der Waals surface area contributed by atoms with Crippen LogP contribution in [0.3, 0.4) is 0 Å². The number of aliphatic hydroxyl groups is 2. The Morgan fingerprint density at radius 2 is 1.80 bits per heavy atom. The van der Waals surface area contributed by atoms with Gasteiger partial charge in [0.15, 0.2) is 0 Å². The van der Waals surface area contributed by atoms with E-state index in [0.29, 0.717) is 12.7 Å². The van der Waals surface area contributed by atoms with Crippen molar-refractivity contribution in [1.29, 1.82) is 0 Å². The van der Waals surface area contributed by atoms with Gasteiger partial charge in [0, 0.05) is 0 Å². The van der Waals surface area contributed by atoms with Gasteiger partial charge in [-0.1, -0.05) is 18.2 Å². The Labute approximate surface area is 89.1 Å². The SMILES string of the molecule is OCCO.c1ccc(OCC2CO2)cc1. The maximum atomic E-state index is 7.62. The number of epoxide rings is 1. The maximum Gasteiger partial charge on any atom is 0.119 e. The molecule has 4 heteroatoms. The summed E-state index contributed by atoms with van der Waals surface area (Å²) in [6.45, 7) is 1.29. The summed E-state index contributed by atoms with van der Waals surface area (Å²) in [5.74, 6) is 0.919. The van der Waals surface area contributed by atoms with Crippen LogP contribution < -0.4 is 4.74 Å². The molecule has 84 valence electrons. The van der Waals surface area contributed by atoms with Crippen molar-refractivity contribution in [2.75, 3.05) is 26.4 Å². The van der Waals surface area contributed by atoms with Crippen molar-refractivity contribution in [3.05, 3.63) is 30.3 Å². The van der Waals surface area contributed by atoms with E-state index in [2.05, 4.69) is 0 Å². The Kier molecular flexibility index (Phi) is 5.77. The first-order valence-electron chi connectivity index (χ1n) is 4.88. The van der Waals surface area contributed by atoms with Crippen LogP contribution in [-0.4, -0.2) is 42.7 Å². The van der Waals surface area contributed by atoms with E-state index >= 15 is 0 Å².